The van der Waals surface area contributed by atoms with Crippen molar-refractivity contribution >= 4 is 11.7 Å². The van der Waals surface area contributed by atoms with Crippen LogP contribution in [-0.4, -0.2) is 23.8 Å². The van der Waals surface area contributed by atoms with Gasteiger partial charge in [-0.15, -0.1) is 0 Å². The van der Waals surface area contributed by atoms with Gasteiger partial charge in [0, 0.05) is 17.8 Å². The van der Waals surface area contributed by atoms with Gasteiger partial charge in [0.05, 0.1) is 19.6 Å². The van der Waals surface area contributed by atoms with Crippen LogP contribution in [0.5, 0.6) is 5.75 Å². The summed E-state index contributed by atoms with van der Waals surface area (Å²) in [6.45, 7) is 0.477. The molecule has 0 atom stereocenters. The normalized spacial score (nSPS) is 10.2. The highest BCUT2D eigenvalue weighted by molar-refractivity contribution is 5.60. The standard InChI is InChI=1S/C18H16N4O2/c1-23-16-10-8-14(9-11-16)17-20-18(24-21-17)22(13-5-12-19)15-6-3-2-4-7-15/h2-4,6-11H,5,13H2,1H3. The molecule has 0 radical (unpaired) electrons. The molecule has 1 aromatic heterocycles. The van der Waals surface area contributed by atoms with Crippen molar-refractivity contribution < 1.29 is 9.26 Å². The van der Waals surface area contributed by atoms with Crippen LogP contribution >= 0.6 is 0 Å². The smallest absolute Gasteiger partial charge is 0.328 e. The van der Waals surface area contributed by atoms with E-state index in [4.69, 9.17) is 14.5 Å². The molecule has 0 bridgehead atoms. The van der Waals surface area contributed by atoms with E-state index in [9.17, 15) is 0 Å². The zero-order chi connectivity index (χ0) is 16.8. The van der Waals surface area contributed by atoms with Gasteiger partial charge in [-0.05, 0) is 36.4 Å². The summed E-state index contributed by atoms with van der Waals surface area (Å²) in [7, 11) is 1.62. The van der Waals surface area contributed by atoms with Gasteiger partial charge in [-0.3, -0.25) is 4.90 Å². The SMILES string of the molecule is COc1ccc(-c2noc(N(CCC#N)c3ccccc3)n2)cc1. The van der Waals surface area contributed by atoms with Gasteiger partial charge in [0.2, 0.25) is 5.82 Å². The molecule has 24 heavy (non-hydrogen) atoms. The number of nitriles is 1. The quantitative estimate of drug-likeness (QED) is 0.687. The van der Waals surface area contributed by atoms with Gasteiger partial charge in [-0.1, -0.05) is 23.4 Å². The lowest BCUT2D eigenvalue weighted by Gasteiger charge is -2.18. The molecule has 0 unspecified atom stereocenters. The third-order valence-corrected chi connectivity index (χ3v) is 3.51. The van der Waals surface area contributed by atoms with Crippen molar-refractivity contribution in [3.8, 4) is 23.2 Å². The maximum absolute atomic E-state index is 8.89. The highest BCUT2D eigenvalue weighted by Crippen LogP contribution is 2.27. The van der Waals surface area contributed by atoms with Crippen LogP contribution in [0.1, 0.15) is 6.42 Å². The summed E-state index contributed by atoms with van der Waals surface area (Å²) in [5.41, 5.74) is 1.73. The molecule has 3 aromatic rings. The largest absolute Gasteiger partial charge is 0.497 e. The van der Waals surface area contributed by atoms with E-state index in [0.717, 1.165) is 17.0 Å². The third-order valence-electron chi connectivity index (χ3n) is 3.51. The Morgan fingerprint density at radius 3 is 2.54 bits per heavy atom. The van der Waals surface area contributed by atoms with E-state index in [2.05, 4.69) is 16.2 Å². The van der Waals surface area contributed by atoms with Crippen molar-refractivity contribution in [2.45, 2.75) is 6.42 Å². The minimum absolute atomic E-state index is 0.356. The van der Waals surface area contributed by atoms with Crippen LogP contribution in [0, 0.1) is 11.3 Å². The van der Waals surface area contributed by atoms with Crippen LogP contribution in [0.15, 0.2) is 59.1 Å². The topological polar surface area (TPSA) is 75.2 Å². The van der Waals surface area contributed by atoms with E-state index in [1.807, 2.05) is 59.5 Å². The minimum atomic E-state index is 0.356. The molecule has 1 heterocycles. The highest BCUT2D eigenvalue weighted by Gasteiger charge is 2.17. The van der Waals surface area contributed by atoms with Crippen molar-refractivity contribution in [2.24, 2.45) is 0 Å². The molecule has 0 amide bonds. The van der Waals surface area contributed by atoms with Gasteiger partial charge in [0.1, 0.15) is 5.75 Å². The number of hydrogen-bond acceptors (Lipinski definition) is 6. The lowest BCUT2D eigenvalue weighted by Crippen LogP contribution is -2.18. The average molecular weight is 320 g/mol. The molecule has 0 spiro atoms. The summed E-state index contributed by atoms with van der Waals surface area (Å²) in [6, 6.07) is 19.6. The molecule has 0 saturated carbocycles. The Balaban J connectivity index is 1.89. The van der Waals surface area contributed by atoms with Crippen LogP contribution < -0.4 is 9.64 Å². The minimum Gasteiger partial charge on any atom is -0.497 e. The zero-order valence-corrected chi connectivity index (χ0v) is 13.2. The molecule has 120 valence electrons. The van der Waals surface area contributed by atoms with Gasteiger partial charge in [-0.25, -0.2) is 0 Å². The van der Waals surface area contributed by atoms with E-state index < -0.39 is 0 Å². The molecule has 0 fully saturated rings. The second-order valence-corrected chi connectivity index (χ2v) is 5.02. The number of benzene rings is 2. The Morgan fingerprint density at radius 2 is 1.88 bits per heavy atom. The van der Waals surface area contributed by atoms with E-state index in [-0.39, 0.29) is 0 Å². The number of aromatic nitrogens is 2. The number of ether oxygens (including phenoxy) is 1. The first-order valence-electron chi connectivity index (χ1n) is 7.49. The number of methoxy groups -OCH3 is 1. The van der Waals surface area contributed by atoms with Gasteiger partial charge in [0.15, 0.2) is 0 Å². The van der Waals surface area contributed by atoms with Gasteiger partial charge < -0.3 is 9.26 Å². The Bertz CT molecular complexity index is 822. The Labute approximate surface area is 139 Å². The van der Waals surface area contributed by atoms with Crippen molar-refractivity contribution in [1.82, 2.24) is 10.1 Å². The third kappa shape index (κ3) is 3.36. The van der Waals surface area contributed by atoms with Crippen molar-refractivity contribution in [2.75, 3.05) is 18.6 Å². The second kappa shape index (κ2) is 7.29. The van der Waals surface area contributed by atoms with Crippen LogP contribution in [0.4, 0.5) is 11.7 Å². The van der Waals surface area contributed by atoms with E-state index in [1.165, 1.54) is 0 Å². The van der Waals surface area contributed by atoms with Crippen LogP contribution in [0.3, 0.4) is 0 Å². The summed E-state index contributed by atoms with van der Waals surface area (Å²) < 4.78 is 10.6. The molecule has 6 heteroatoms. The number of anilines is 2. The highest BCUT2D eigenvalue weighted by atomic mass is 16.5. The van der Waals surface area contributed by atoms with Crippen LogP contribution in [0.25, 0.3) is 11.4 Å². The van der Waals surface area contributed by atoms with Gasteiger partial charge >= 0.3 is 6.01 Å². The summed E-state index contributed by atoms with van der Waals surface area (Å²) in [5.74, 6) is 1.26. The molecular weight excluding hydrogens is 304 g/mol. The summed E-state index contributed by atoms with van der Waals surface area (Å²) in [4.78, 5) is 6.30. The van der Waals surface area contributed by atoms with Gasteiger partial charge in [-0.2, -0.15) is 10.2 Å². The fourth-order valence-electron chi connectivity index (χ4n) is 2.29. The summed E-state index contributed by atoms with van der Waals surface area (Å²) in [6.07, 6.45) is 0.356. The fraction of sp³-hybridized carbons (Fsp3) is 0.167. The average Bonchev–Trinajstić information content (AvgIpc) is 3.13. The molecular formula is C18H16N4O2. The molecule has 3 rings (SSSR count). The zero-order valence-electron chi connectivity index (χ0n) is 13.2. The van der Waals surface area contributed by atoms with Crippen LogP contribution in [0.2, 0.25) is 0 Å². The molecule has 0 saturated heterocycles. The number of hydrogen-bond donors (Lipinski definition) is 0. The molecule has 0 N–H and O–H groups in total. The first-order chi connectivity index (χ1) is 11.8. The fourth-order valence-corrected chi connectivity index (χ4v) is 2.29. The number of rotatable bonds is 6. The second-order valence-electron chi connectivity index (χ2n) is 5.02. The van der Waals surface area contributed by atoms with E-state index >= 15 is 0 Å². The summed E-state index contributed by atoms with van der Waals surface area (Å²) in [5, 5.41) is 12.9. The van der Waals surface area contributed by atoms with Crippen LogP contribution in [-0.2, 0) is 0 Å². The van der Waals surface area contributed by atoms with E-state index in [0.29, 0.717) is 24.8 Å². The first kappa shape index (κ1) is 15.6. The lowest BCUT2D eigenvalue weighted by molar-refractivity contribution is 0.414. The predicted molar refractivity (Wildman–Crippen MR) is 90.0 cm³/mol. The number of nitrogens with zero attached hydrogens (tertiary/aromatic N) is 4. The first-order valence-corrected chi connectivity index (χ1v) is 7.49. The Morgan fingerprint density at radius 1 is 1.12 bits per heavy atom. The molecule has 0 aliphatic carbocycles. The van der Waals surface area contributed by atoms with Gasteiger partial charge in [0.25, 0.3) is 0 Å². The van der Waals surface area contributed by atoms with Crippen molar-refractivity contribution in [3.05, 3.63) is 54.6 Å². The van der Waals surface area contributed by atoms with Crippen molar-refractivity contribution in [3.63, 3.8) is 0 Å². The molecule has 2 aromatic carbocycles. The number of para-hydroxylation sites is 1. The molecule has 0 aliphatic heterocycles. The summed E-state index contributed by atoms with van der Waals surface area (Å²) >= 11 is 0. The van der Waals surface area contributed by atoms with E-state index in [1.54, 1.807) is 7.11 Å². The Hall–Kier alpha value is -3.33. The lowest BCUT2D eigenvalue weighted by atomic mass is 10.2. The maximum Gasteiger partial charge on any atom is 0.328 e. The van der Waals surface area contributed by atoms with Crippen molar-refractivity contribution in [1.29, 1.82) is 5.26 Å². The molecule has 0 aliphatic rings. The molecule has 6 nitrogen and oxygen atoms in total. The maximum atomic E-state index is 8.89. The Kier molecular flexibility index (Phi) is 4.73. The predicted octanol–water partition coefficient (Wildman–Crippen LogP) is 3.80. The monoisotopic (exact) mass is 320 g/mol.